The lowest BCUT2D eigenvalue weighted by Gasteiger charge is -2.38. The summed E-state index contributed by atoms with van der Waals surface area (Å²) >= 11 is 0. The molecular weight excluding hydrogens is 947 g/mol. The number of phenolic OH excluding ortho intramolecular Hbond substituents is 2. The number of hydrogen-bond donors (Lipinski definition) is 2. The summed E-state index contributed by atoms with van der Waals surface area (Å²) in [4.78, 5) is 34.0. The number of carbonyl (C=O) groups excluding carboxylic acids is 2. The van der Waals surface area contributed by atoms with Crippen molar-refractivity contribution in [2.75, 3.05) is 36.2 Å². The molecule has 5 rings (SSSR count). The van der Waals surface area contributed by atoms with E-state index >= 15 is 18.7 Å². The number of benzene rings is 5. The third kappa shape index (κ3) is 12.6. The number of rotatable bonds is 18. The van der Waals surface area contributed by atoms with Crippen LogP contribution in [-0.2, 0) is 48.9 Å². The van der Waals surface area contributed by atoms with Crippen LogP contribution in [0.25, 0.3) is 0 Å². The van der Waals surface area contributed by atoms with Crippen LogP contribution in [-0.4, -0.2) is 48.5 Å². The average Bonchev–Trinajstić information content (AvgIpc) is 3.29. The Labute approximate surface area is 429 Å². The van der Waals surface area contributed by atoms with E-state index in [0.29, 0.717) is 44.8 Å². The monoisotopic (exact) mass is 1020 g/mol. The Morgan fingerprint density at radius 1 is 0.444 bits per heavy atom. The molecule has 12 nitrogen and oxygen atoms in total. The summed E-state index contributed by atoms with van der Waals surface area (Å²) in [5.74, 6) is -3.62. The van der Waals surface area contributed by atoms with Gasteiger partial charge >= 0.3 is 15.2 Å². The van der Waals surface area contributed by atoms with Crippen molar-refractivity contribution in [3.05, 3.63) is 154 Å². The van der Waals surface area contributed by atoms with Gasteiger partial charge in [-0.2, -0.15) is 0 Å². The molecule has 0 aliphatic carbocycles. The Kier molecular flexibility index (Phi) is 18.1. The summed E-state index contributed by atoms with van der Waals surface area (Å²) in [6.45, 7) is 30.6. The predicted octanol–water partition coefficient (Wildman–Crippen LogP) is 15.5. The number of aromatic hydroxyl groups is 2. The summed E-state index contributed by atoms with van der Waals surface area (Å²) in [5, 5.41) is 23.6. The molecule has 2 N–H and O–H groups in total. The number of anilines is 2. The molecule has 0 aromatic heterocycles. The second kappa shape index (κ2) is 22.6. The number of nitrogens with zero attached hydrogens (tertiary/aromatic N) is 2. The lowest BCUT2D eigenvalue weighted by Crippen LogP contribution is -2.37. The third-order valence-electron chi connectivity index (χ3n) is 12.3. The van der Waals surface area contributed by atoms with Gasteiger partial charge in [0, 0.05) is 22.5 Å². The van der Waals surface area contributed by atoms with Crippen molar-refractivity contribution in [2.24, 2.45) is 0 Å². The van der Waals surface area contributed by atoms with Crippen LogP contribution in [0.3, 0.4) is 0 Å². The number of amides is 2. The fourth-order valence-corrected chi connectivity index (χ4v) is 13.1. The fourth-order valence-electron chi connectivity index (χ4n) is 8.87. The molecular formula is C58H78N2O10P2. The Balaban J connectivity index is 1.80. The van der Waals surface area contributed by atoms with Crippen molar-refractivity contribution >= 4 is 38.4 Å². The van der Waals surface area contributed by atoms with E-state index in [0.717, 1.165) is 0 Å². The van der Waals surface area contributed by atoms with Crippen molar-refractivity contribution in [2.45, 2.75) is 144 Å². The molecule has 0 fully saturated rings. The minimum Gasteiger partial charge on any atom is -0.507 e. The maximum atomic E-state index is 15.6. The smallest absolute Gasteiger partial charge is 0.357 e. The summed E-state index contributed by atoms with van der Waals surface area (Å²) < 4.78 is 55.6. The highest BCUT2D eigenvalue weighted by Crippen LogP contribution is 2.65. The first-order valence-electron chi connectivity index (χ1n) is 24.9. The van der Waals surface area contributed by atoms with Crippen LogP contribution in [0.1, 0.15) is 176 Å². The standard InChI is InChI=1S/C58H78N2O10P2/c1-17-67-71(65,68-18-2)53(41-35-45(55(5,6)7)49(61)46(36-41)56(8,9)10)59(43-27-23-21-24-28-43)51(63)39-31-33-40(34-32-39)52(64)60(44-29-25-22-26-30-44)54(72(66,69-19-3)70-20-4)42-37-47(57(11,12)13)50(62)48(38-42)58(14,15)16/h21-38,53-54,61-62H,17-20H2,1-16H3. The predicted molar refractivity (Wildman–Crippen MR) is 291 cm³/mol. The van der Waals surface area contributed by atoms with Crippen LogP contribution in [0, 0.1) is 0 Å². The van der Waals surface area contributed by atoms with Gasteiger partial charge < -0.3 is 28.3 Å². The second-order valence-electron chi connectivity index (χ2n) is 22.0. The highest BCUT2D eigenvalue weighted by molar-refractivity contribution is 7.54. The molecule has 0 saturated carbocycles. The molecule has 0 spiro atoms. The van der Waals surface area contributed by atoms with E-state index in [9.17, 15) is 10.2 Å². The lowest BCUT2D eigenvalue weighted by atomic mass is 9.78. The van der Waals surface area contributed by atoms with Gasteiger partial charge in [0.15, 0.2) is 11.6 Å². The second-order valence-corrected chi connectivity index (χ2v) is 26.2. The number of hydrogen-bond acceptors (Lipinski definition) is 10. The van der Waals surface area contributed by atoms with Gasteiger partial charge in [0.05, 0.1) is 26.4 Å². The summed E-state index contributed by atoms with van der Waals surface area (Å²) in [6.07, 6.45) is 0. The Bertz CT molecular complexity index is 2490. The highest BCUT2D eigenvalue weighted by atomic mass is 31.2. The van der Waals surface area contributed by atoms with E-state index in [2.05, 4.69) is 0 Å². The minimum absolute atomic E-state index is 0.00928. The van der Waals surface area contributed by atoms with Gasteiger partial charge in [-0.1, -0.05) is 119 Å². The first kappa shape index (κ1) is 57.8. The fraction of sp³-hybridized carbons (Fsp3) is 0.448. The van der Waals surface area contributed by atoms with Gasteiger partial charge in [0.1, 0.15) is 11.5 Å². The van der Waals surface area contributed by atoms with Crippen LogP contribution >= 0.6 is 15.2 Å². The van der Waals surface area contributed by atoms with Crippen molar-refractivity contribution in [3.8, 4) is 11.5 Å². The number of para-hydroxylation sites is 2. The zero-order valence-electron chi connectivity index (χ0n) is 45.3. The van der Waals surface area contributed by atoms with Crippen molar-refractivity contribution in [3.63, 3.8) is 0 Å². The Hall–Kier alpha value is -5.06. The zero-order valence-corrected chi connectivity index (χ0v) is 47.1. The molecule has 14 heteroatoms. The zero-order chi connectivity index (χ0) is 53.8. The van der Waals surface area contributed by atoms with E-state index in [1.165, 1.54) is 34.1 Å². The maximum absolute atomic E-state index is 15.6. The quantitative estimate of drug-likeness (QED) is 0.0811. The van der Waals surface area contributed by atoms with E-state index in [1.54, 1.807) is 100 Å². The third-order valence-corrected chi connectivity index (χ3v) is 17.0. The largest absolute Gasteiger partial charge is 0.507 e. The molecule has 390 valence electrons. The first-order valence-corrected chi connectivity index (χ1v) is 28.1. The van der Waals surface area contributed by atoms with Gasteiger partial charge in [0.2, 0.25) is 0 Å². The molecule has 0 radical (unpaired) electrons. The molecule has 0 saturated heterocycles. The van der Waals surface area contributed by atoms with E-state index < -0.39 is 60.2 Å². The van der Waals surface area contributed by atoms with Gasteiger partial charge in [0.25, 0.3) is 11.8 Å². The van der Waals surface area contributed by atoms with Gasteiger partial charge in [-0.3, -0.25) is 28.5 Å². The van der Waals surface area contributed by atoms with Gasteiger partial charge in [-0.15, -0.1) is 0 Å². The highest BCUT2D eigenvalue weighted by Gasteiger charge is 2.48. The molecule has 2 unspecified atom stereocenters. The number of carbonyl (C=O) groups is 2. The van der Waals surface area contributed by atoms with E-state index in [4.69, 9.17) is 18.1 Å². The Morgan fingerprint density at radius 2 is 0.681 bits per heavy atom. The molecule has 0 aliphatic rings. The molecule has 2 atom stereocenters. The molecule has 5 aromatic rings. The normalized spacial score (nSPS) is 13.7. The van der Waals surface area contributed by atoms with Crippen LogP contribution in [0.15, 0.2) is 109 Å². The molecule has 5 aromatic carbocycles. The van der Waals surface area contributed by atoms with E-state index in [-0.39, 0.29) is 49.1 Å². The summed E-state index contributed by atoms with van der Waals surface area (Å²) in [7, 11) is -8.56. The molecule has 0 bridgehead atoms. The summed E-state index contributed by atoms with van der Waals surface area (Å²) in [6, 6.07) is 31.0. The minimum atomic E-state index is -4.28. The Morgan fingerprint density at radius 3 is 0.889 bits per heavy atom. The topological polar surface area (TPSA) is 152 Å². The molecule has 2 amide bonds. The summed E-state index contributed by atoms with van der Waals surface area (Å²) in [5.41, 5.74) is 2.02. The average molecular weight is 1030 g/mol. The molecule has 0 heterocycles. The van der Waals surface area contributed by atoms with Crippen molar-refractivity contribution in [1.29, 1.82) is 0 Å². The van der Waals surface area contributed by atoms with Gasteiger partial charge in [-0.05, 0) is 156 Å². The SMILES string of the molecule is CCOP(=O)(OCC)C(c1cc(C(C)(C)C)c(O)c(C(C)(C)C)c1)N(C(=O)c1ccc(C(=O)N(c2ccccc2)C(c2cc(C(C)(C)C)c(O)c(C(C)(C)C)c2)P(=O)(OCC)OCC)cc1)c1ccccc1. The van der Waals surface area contributed by atoms with Crippen molar-refractivity contribution in [1.82, 2.24) is 0 Å². The van der Waals surface area contributed by atoms with Crippen LogP contribution in [0.5, 0.6) is 11.5 Å². The van der Waals surface area contributed by atoms with E-state index in [1.807, 2.05) is 95.2 Å². The first-order chi connectivity index (χ1) is 33.5. The lowest BCUT2D eigenvalue weighted by molar-refractivity contribution is 0.0966. The van der Waals surface area contributed by atoms with Crippen LogP contribution in [0.2, 0.25) is 0 Å². The van der Waals surface area contributed by atoms with Crippen LogP contribution < -0.4 is 9.80 Å². The number of phenols is 2. The molecule has 72 heavy (non-hydrogen) atoms. The van der Waals surface area contributed by atoms with Gasteiger partial charge in [-0.25, -0.2) is 0 Å². The van der Waals surface area contributed by atoms with Crippen LogP contribution in [0.4, 0.5) is 11.4 Å². The molecule has 0 aliphatic heterocycles. The maximum Gasteiger partial charge on any atom is 0.357 e. The van der Waals surface area contributed by atoms with Crippen molar-refractivity contribution < 1.29 is 47.0 Å².